The van der Waals surface area contributed by atoms with Crippen LogP contribution in [0.5, 0.6) is 0 Å². The predicted octanol–water partition coefficient (Wildman–Crippen LogP) is 2.63. The van der Waals surface area contributed by atoms with Gasteiger partial charge in [-0.1, -0.05) is 30.3 Å². The normalized spacial score (nSPS) is 11.0. The molecule has 0 fully saturated rings. The minimum atomic E-state index is -0.0701. The molecule has 0 atom stereocenters. The number of aromatic nitrogens is 4. The third-order valence-electron chi connectivity index (χ3n) is 3.80. The standard InChI is InChI=1S/C18H14N4O/c23-18-17-5-2-1-4-15(17)12-20-22(18)13-14-6-8-16(9-7-14)21-11-3-10-19-21/h1-12H,13H2. The Kier molecular flexibility index (Phi) is 3.24. The van der Waals surface area contributed by atoms with Crippen molar-refractivity contribution in [2.24, 2.45) is 0 Å². The minimum Gasteiger partial charge on any atom is -0.267 e. The van der Waals surface area contributed by atoms with Crippen molar-refractivity contribution in [3.05, 3.63) is 89.1 Å². The topological polar surface area (TPSA) is 52.7 Å². The van der Waals surface area contributed by atoms with Gasteiger partial charge in [0, 0.05) is 17.8 Å². The molecule has 0 saturated heterocycles. The zero-order valence-electron chi connectivity index (χ0n) is 12.3. The van der Waals surface area contributed by atoms with Crippen LogP contribution in [-0.4, -0.2) is 19.6 Å². The average molecular weight is 302 g/mol. The second kappa shape index (κ2) is 5.53. The lowest BCUT2D eigenvalue weighted by Crippen LogP contribution is -2.23. The fourth-order valence-corrected chi connectivity index (χ4v) is 2.59. The van der Waals surface area contributed by atoms with Gasteiger partial charge < -0.3 is 0 Å². The van der Waals surface area contributed by atoms with Gasteiger partial charge in [-0.3, -0.25) is 4.79 Å². The third kappa shape index (κ3) is 2.53. The maximum Gasteiger partial charge on any atom is 0.274 e. The lowest BCUT2D eigenvalue weighted by atomic mass is 10.2. The average Bonchev–Trinajstić information content (AvgIpc) is 3.13. The highest BCUT2D eigenvalue weighted by molar-refractivity contribution is 5.80. The van der Waals surface area contributed by atoms with Crippen LogP contribution < -0.4 is 5.56 Å². The first-order chi connectivity index (χ1) is 11.3. The van der Waals surface area contributed by atoms with Crippen molar-refractivity contribution in [1.82, 2.24) is 19.6 Å². The summed E-state index contributed by atoms with van der Waals surface area (Å²) in [7, 11) is 0. The number of hydrogen-bond donors (Lipinski definition) is 0. The first kappa shape index (κ1) is 13.5. The lowest BCUT2D eigenvalue weighted by Gasteiger charge is -2.07. The maximum absolute atomic E-state index is 12.5. The molecule has 0 aliphatic rings. The summed E-state index contributed by atoms with van der Waals surface area (Å²) in [5.41, 5.74) is 1.93. The van der Waals surface area contributed by atoms with Gasteiger partial charge in [-0.15, -0.1) is 0 Å². The molecule has 0 spiro atoms. The van der Waals surface area contributed by atoms with E-state index < -0.39 is 0 Å². The SMILES string of the molecule is O=c1c2ccccc2cnn1Cc1ccc(-n2cccn2)cc1. The van der Waals surface area contributed by atoms with Crippen LogP contribution >= 0.6 is 0 Å². The second-order valence-electron chi connectivity index (χ2n) is 5.31. The van der Waals surface area contributed by atoms with E-state index >= 15 is 0 Å². The molecule has 0 amide bonds. The fourth-order valence-electron chi connectivity index (χ4n) is 2.59. The monoisotopic (exact) mass is 302 g/mol. The van der Waals surface area contributed by atoms with E-state index in [0.717, 1.165) is 16.6 Å². The van der Waals surface area contributed by atoms with Crippen LogP contribution in [0.4, 0.5) is 0 Å². The van der Waals surface area contributed by atoms with Crippen LogP contribution in [0.15, 0.2) is 78.0 Å². The van der Waals surface area contributed by atoms with Crippen molar-refractivity contribution in [2.75, 3.05) is 0 Å². The minimum absolute atomic E-state index is 0.0701. The van der Waals surface area contributed by atoms with E-state index in [1.807, 2.05) is 60.8 Å². The Morgan fingerprint density at radius 2 is 1.74 bits per heavy atom. The van der Waals surface area contributed by atoms with Gasteiger partial charge >= 0.3 is 0 Å². The van der Waals surface area contributed by atoms with Crippen molar-refractivity contribution in [1.29, 1.82) is 0 Å². The highest BCUT2D eigenvalue weighted by Crippen LogP contribution is 2.10. The summed E-state index contributed by atoms with van der Waals surface area (Å²) in [6.45, 7) is 0.447. The first-order valence-electron chi connectivity index (χ1n) is 7.35. The molecule has 0 radical (unpaired) electrons. The van der Waals surface area contributed by atoms with E-state index in [9.17, 15) is 4.79 Å². The molecule has 5 heteroatoms. The van der Waals surface area contributed by atoms with Gasteiger partial charge in [0.05, 0.1) is 23.8 Å². The lowest BCUT2D eigenvalue weighted by molar-refractivity contribution is 0.647. The molecular formula is C18H14N4O. The summed E-state index contributed by atoms with van der Waals surface area (Å²) in [5, 5.41) is 10.0. The van der Waals surface area contributed by atoms with E-state index in [4.69, 9.17) is 0 Å². The van der Waals surface area contributed by atoms with E-state index in [0.29, 0.717) is 11.9 Å². The number of nitrogens with zero attached hydrogens (tertiary/aromatic N) is 4. The Morgan fingerprint density at radius 1 is 0.913 bits per heavy atom. The van der Waals surface area contributed by atoms with Crippen molar-refractivity contribution in [3.63, 3.8) is 0 Å². The van der Waals surface area contributed by atoms with Crippen molar-refractivity contribution in [3.8, 4) is 5.69 Å². The molecule has 2 aromatic heterocycles. The maximum atomic E-state index is 12.5. The number of benzene rings is 2. The van der Waals surface area contributed by atoms with E-state index in [2.05, 4.69) is 10.2 Å². The van der Waals surface area contributed by atoms with Gasteiger partial charge in [-0.05, 0) is 29.8 Å². The van der Waals surface area contributed by atoms with Gasteiger partial charge in [0.25, 0.3) is 5.56 Å². The quantitative estimate of drug-likeness (QED) is 0.584. The van der Waals surface area contributed by atoms with Gasteiger partial charge in [0.15, 0.2) is 0 Å². The smallest absolute Gasteiger partial charge is 0.267 e. The number of fused-ring (bicyclic) bond motifs is 1. The predicted molar refractivity (Wildman–Crippen MR) is 88.7 cm³/mol. The molecule has 0 unspecified atom stereocenters. The molecule has 2 heterocycles. The summed E-state index contributed by atoms with van der Waals surface area (Å²) in [4.78, 5) is 12.5. The van der Waals surface area contributed by atoms with Crippen LogP contribution in [0, 0.1) is 0 Å². The van der Waals surface area contributed by atoms with Gasteiger partial charge in [0.1, 0.15) is 0 Å². The Bertz CT molecular complexity index is 1000. The fraction of sp³-hybridized carbons (Fsp3) is 0.0556. The van der Waals surface area contributed by atoms with Crippen molar-refractivity contribution >= 4 is 10.8 Å². The van der Waals surface area contributed by atoms with E-state index in [1.165, 1.54) is 4.68 Å². The molecule has 0 aliphatic heterocycles. The van der Waals surface area contributed by atoms with Crippen LogP contribution in [-0.2, 0) is 6.54 Å². The molecule has 4 rings (SSSR count). The van der Waals surface area contributed by atoms with Crippen molar-refractivity contribution < 1.29 is 0 Å². The molecule has 2 aromatic carbocycles. The summed E-state index contributed by atoms with van der Waals surface area (Å²) < 4.78 is 3.29. The Hall–Kier alpha value is -3.21. The number of rotatable bonds is 3. The Morgan fingerprint density at radius 3 is 2.52 bits per heavy atom. The van der Waals surface area contributed by atoms with E-state index in [1.54, 1.807) is 17.1 Å². The Balaban J connectivity index is 1.66. The molecule has 0 N–H and O–H groups in total. The van der Waals surface area contributed by atoms with Gasteiger partial charge in [-0.25, -0.2) is 9.36 Å². The molecule has 112 valence electrons. The highest BCUT2D eigenvalue weighted by atomic mass is 16.1. The summed E-state index contributed by atoms with van der Waals surface area (Å²) in [5.74, 6) is 0. The molecular weight excluding hydrogens is 288 g/mol. The van der Waals surface area contributed by atoms with Crippen LogP contribution in [0.1, 0.15) is 5.56 Å². The molecule has 0 aliphatic carbocycles. The zero-order chi connectivity index (χ0) is 15.6. The van der Waals surface area contributed by atoms with Crippen LogP contribution in [0.3, 0.4) is 0 Å². The molecule has 0 bridgehead atoms. The summed E-state index contributed by atoms with van der Waals surface area (Å²) >= 11 is 0. The molecule has 0 saturated carbocycles. The largest absolute Gasteiger partial charge is 0.274 e. The molecule has 5 nitrogen and oxygen atoms in total. The first-order valence-corrected chi connectivity index (χ1v) is 7.35. The van der Waals surface area contributed by atoms with Crippen molar-refractivity contribution in [2.45, 2.75) is 6.54 Å². The molecule has 4 aromatic rings. The highest BCUT2D eigenvalue weighted by Gasteiger charge is 2.04. The van der Waals surface area contributed by atoms with Gasteiger partial charge in [0.2, 0.25) is 0 Å². The molecule has 23 heavy (non-hydrogen) atoms. The second-order valence-corrected chi connectivity index (χ2v) is 5.31. The van der Waals surface area contributed by atoms with E-state index in [-0.39, 0.29) is 5.56 Å². The Labute approximate surface area is 132 Å². The third-order valence-corrected chi connectivity index (χ3v) is 3.80. The van der Waals surface area contributed by atoms with Gasteiger partial charge in [-0.2, -0.15) is 10.2 Å². The number of hydrogen-bond acceptors (Lipinski definition) is 3. The van der Waals surface area contributed by atoms with Crippen LogP contribution in [0.2, 0.25) is 0 Å². The van der Waals surface area contributed by atoms with Crippen LogP contribution in [0.25, 0.3) is 16.5 Å². The zero-order valence-corrected chi connectivity index (χ0v) is 12.3. The summed E-state index contributed by atoms with van der Waals surface area (Å²) in [6, 6.07) is 17.3. The summed E-state index contributed by atoms with van der Waals surface area (Å²) in [6.07, 6.45) is 5.37.